The average molecular weight is 221 g/mol. The summed E-state index contributed by atoms with van der Waals surface area (Å²) in [4.78, 5) is 2.34. The van der Waals surface area contributed by atoms with Gasteiger partial charge in [0.25, 0.3) is 0 Å². The number of nitrogens with zero attached hydrogens (tertiary/aromatic N) is 1. The van der Waals surface area contributed by atoms with Gasteiger partial charge < -0.3 is 14.4 Å². The van der Waals surface area contributed by atoms with Crippen LogP contribution in [0.15, 0.2) is 24.3 Å². The fourth-order valence-electron chi connectivity index (χ4n) is 1.79. The topological polar surface area (TPSA) is 21.7 Å². The number of hydrogen-bond acceptors (Lipinski definition) is 3. The minimum absolute atomic E-state index is 0.789. The Morgan fingerprint density at radius 2 is 1.88 bits per heavy atom. The van der Waals surface area contributed by atoms with Crippen LogP contribution in [0.1, 0.15) is 13.3 Å². The van der Waals surface area contributed by atoms with Gasteiger partial charge >= 0.3 is 0 Å². The summed E-state index contributed by atoms with van der Waals surface area (Å²) >= 11 is 0. The zero-order chi connectivity index (χ0) is 11.2. The highest BCUT2D eigenvalue weighted by Gasteiger charge is 2.10. The summed E-state index contributed by atoms with van der Waals surface area (Å²) in [6.45, 7) is 6.52. The lowest BCUT2D eigenvalue weighted by atomic mass is 10.2. The molecule has 1 aliphatic rings. The van der Waals surface area contributed by atoms with E-state index < -0.39 is 0 Å². The molecule has 2 rings (SSSR count). The standard InChI is InChI=1S/C13H19NO2/c1-2-9-16-13-5-3-12(4-6-13)14-7-10-15-11-8-14/h3-6H,2,7-11H2,1H3. The smallest absolute Gasteiger partial charge is 0.119 e. The minimum atomic E-state index is 0.789. The second-order valence-corrected chi connectivity index (χ2v) is 3.94. The van der Waals surface area contributed by atoms with Crippen molar-refractivity contribution in [1.29, 1.82) is 0 Å². The van der Waals surface area contributed by atoms with Gasteiger partial charge in [0.05, 0.1) is 19.8 Å². The van der Waals surface area contributed by atoms with E-state index in [2.05, 4.69) is 24.0 Å². The maximum absolute atomic E-state index is 5.55. The zero-order valence-electron chi connectivity index (χ0n) is 9.82. The second kappa shape index (κ2) is 5.75. The minimum Gasteiger partial charge on any atom is -0.494 e. The molecule has 1 aromatic carbocycles. The number of morpholine rings is 1. The molecule has 88 valence electrons. The van der Waals surface area contributed by atoms with Gasteiger partial charge in [0.15, 0.2) is 0 Å². The molecule has 1 fully saturated rings. The van der Waals surface area contributed by atoms with Gasteiger partial charge in [0.2, 0.25) is 0 Å². The largest absolute Gasteiger partial charge is 0.494 e. The monoisotopic (exact) mass is 221 g/mol. The fraction of sp³-hybridized carbons (Fsp3) is 0.538. The fourth-order valence-corrected chi connectivity index (χ4v) is 1.79. The van der Waals surface area contributed by atoms with Crippen LogP contribution < -0.4 is 9.64 Å². The molecule has 16 heavy (non-hydrogen) atoms. The van der Waals surface area contributed by atoms with Crippen LogP contribution >= 0.6 is 0 Å². The van der Waals surface area contributed by atoms with Crippen molar-refractivity contribution in [3.63, 3.8) is 0 Å². The van der Waals surface area contributed by atoms with E-state index in [1.165, 1.54) is 5.69 Å². The lowest BCUT2D eigenvalue weighted by molar-refractivity contribution is 0.122. The van der Waals surface area contributed by atoms with Gasteiger partial charge in [0.1, 0.15) is 5.75 Å². The highest BCUT2D eigenvalue weighted by molar-refractivity contribution is 5.49. The van der Waals surface area contributed by atoms with Crippen LogP contribution in [0.4, 0.5) is 5.69 Å². The van der Waals surface area contributed by atoms with Crippen LogP contribution in [0, 0.1) is 0 Å². The van der Waals surface area contributed by atoms with Crippen molar-refractivity contribution < 1.29 is 9.47 Å². The molecule has 0 amide bonds. The van der Waals surface area contributed by atoms with E-state index in [1.54, 1.807) is 0 Å². The third-order valence-electron chi connectivity index (χ3n) is 2.69. The highest BCUT2D eigenvalue weighted by atomic mass is 16.5. The Morgan fingerprint density at radius 1 is 1.19 bits per heavy atom. The Kier molecular flexibility index (Phi) is 4.05. The van der Waals surface area contributed by atoms with E-state index in [0.717, 1.165) is 45.1 Å². The predicted octanol–water partition coefficient (Wildman–Crippen LogP) is 2.31. The Hall–Kier alpha value is -1.22. The summed E-state index contributed by atoms with van der Waals surface area (Å²) in [7, 11) is 0. The van der Waals surface area contributed by atoms with E-state index in [0.29, 0.717) is 0 Å². The van der Waals surface area contributed by atoms with Gasteiger partial charge in [-0.05, 0) is 30.7 Å². The molecule has 1 heterocycles. The Balaban J connectivity index is 1.95. The lowest BCUT2D eigenvalue weighted by Gasteiger charge is -2.28. The van der Waals surface area contributed by atoms with Gasteiger partial charge in [-0.15, -0.1) is 0 Å². The molecule has 0 spiro atoms. The van der Waals surface area contributed by atoms with Crippen LogP contribution in [0.3, 0.4) is 0 Å². The Labute approximate surface area is 97.0 Å². The van der Waals surface area contributed by atoms with Gasteiger partial charge in [0, 0.05) is 18.8 Å². The average Bonchev–Trinajstić information content (AvgIpc) is 2.38. The molecule has 0 aromatic heterocycles. The van der Waals surface area contributed by atoms with E-state index in [-0.39, 0.29) is 0 Å². The van der Waals surface area contributed by atoms with Crippen LogP contribution in [0.25, 0.3) is 0 Å². The summed E-state index contributed by atoms with van der Waals surface area (Å²) < 4.78 is 10.9. The van der Waals surface area contributed by atoms with Crippen molar-refractivity contribution >= 4 is 5.69 Å². The van der Waals surface area contributed by atoms with Gasteiger partial charge in [-0.1, -0.05) is 6.92 Å². The van der Waals surface area contributed by atoms with Gasteiger partial charge in [-0.25, -0.2) is 0 Å². The van der Waals surface area contributed by atoms with E-state index >= 15 is 0 Å². The van der Waals surface area contributed by atoms with E-state index in [1.807, 2.05) is 12.1 Å². The molecule has 0 aliphatic carbocycles. The summed E-state index contributed by atoms with van der Waals surface area (Å²) in [6.07, 6.45) is 1.05. The van der Waals surface area contributed by atoms with Crippen molar-refractivity contribution in [1.82, 2.24) is 0 Å². The number of ether oxygens (including phenoxy) is 2. The summed E-state index contributed by atoms with van der Waals surface area (Å²) in [5.74, 6) is 0.957. The maximum Gasteiger partial charge on any atom is 0.119 e. The molecule has 0 saturated carbocycles. The van der Waals surface area contributed by atoms with E-state index in [4.69, 9.17) is 9.47 Å². The SMILES string of the molecule is CCCOc1ccc(N2CCOCC2)cc1. The van der Waals surface area contributed by atoms with Crippen LogP contribution in [-0.2, 0) is 4.74 Å². The Bertz CT molecular complexity index is 304. The normalized spacial score (nSPS) is 16.2. The van der Waals surface area contributed by atoms with Gasteiger partial charge in [-0.2, -0.15) is 0 Å². The predicted molar refractivity (Wildman–Crippen MR) is 65.3 cm³/mol. The molecule has 1 saturated heterocycles. The van der Waals surface area contributed by atoms with Crippen LogP contribution in [0.5, 0.6) is 5.75 Å². The first-order chi connectivity index (χ1) is 7.90. The Morgan fingerprint density at radius 3 is 2.50 bits per heavy atom. The lowest BCUT2D eigenvalue weighted by Crippen LogP contribution is -2.36. The molecule has 1 aliphatic heterocycles. The maximum atomic E-state index is 5.55. The van der Waals surface area contributed by atoms with Crippen LogP contribution in [-0.4, -0.2) is 32.9 Å². The quantitative estimate of drug-likeness (QED) is 0.778. The highest BCUT2D eigenvalue weighted by Crippen LogP contribution is 2.20. The molecule has 3 nitrogen and oxygen atoms in total. The molecule has 3 heteroatoms. The number of hydrogen-bond donors (Lipinski definition) is 0. The second-order valence-electron chi connectivity index (χ2n) is 3.94. The zero-order valence-corrected chi connectivity index (χ0v) is 9.82. The molecule has 0 atom stereocenters. The summed E-state index contributed by atoms with van der Waals surface area (Å²) in [5.41, 5.74) is 1.26. The van der Waals surface area contributed by atoms with Crippen molar-refractivity contribution in [3.8, 4) is 5.75 Å². The molecule has 0 radical (unpaired) electrons. The first kappa shape index (κ1) is 11.3. The molecule has 0 unspecified atom stereocenters. The molecule has 0 N–H and O–H groups in total. The van der Waals surface area contributed by atoms with Crippen molar-refractivity contribution in [2.75, 3.05) is 37.8 Å². The van der Waals surface area contributed by atoms with Gasteiger partial charge in [-0.3, -0.25) is 0 Å². The molecular weight excluding hydrogens is 202 g/mol. The van der Waals surface area contributed by atoms with Crippen molar-refractivity contribution in [2.45, 2.75) is 13.3 Å². The summed E-state index contributed by atoms with van der Waals surface area (Å²) in [6, 6.07) is 8.33. The van der Waals surface area contributed by atoms with Crippen molar-refractivity contribution in [2.24, 2.45) is 0 Å². The first-order valence-corrected chi connectivity index (χ1v) is 5.95. The third kappa shape index (κ3) is 2.89. The third-order valence-corrected chi connectivity index (χ3v) is 2.69. The molecule has 0 bridgehead atoms. The molecule has 1 aromatic rings. The molecular formula is C13H19NO2. The summed E-state index contributed by atoms with van der Waals surface area (Å²) in [5, 5.41) is 0. The van der Waals surface area contributed by atoms with Crippen LogP contribution in [0.2, 0.25) is 0 Å². The first-order valence-electron chi connectivity index (χ1n) is 5.95. The number of rotatable bonds is 4. The number of benzene rings is 1. The number of anilines is 1. The van der Waals surface area contributed by atoms with Crippen molar-refractivity contribution in [3.05, 3.63) is 24.3 Å². The van der Waals surface area contributed by atoms with E-state index in [9.17, 15) is 0 Å².